The molecule has 2 aromatic rings. The fourth-order valence-corrected chi connectivity index (χ4v) is 4.11. The minimum atomic E-state index is -0.921. The van der Waals surface area contributed by atoms with Crippen molar-refractivity contribution in [3.05, 3.63) is 62.6 Å². The molecule has 0 unspecified atom stereocenters. The Bertz CT molecular complexity index is 1120. The molecule has 8 nitrogen and oxygen atoms in total. The fourth-order valence-electron chi connectivity index (χ4n) is 4.11. The SMILES string of the molecule is CCN1C[C@@H]2CCc3c(C(=O)NCc4ccc(F)cc4F)c(=O)c(O)c(n32)C1=O.CCO. The summed E-state index contributed by atoms with van der Waals surface area (Å²) in [6.45, 7) is 4.39. The Morgan fingerprint density at radius 1 is 1.25 bits per heavy atom. The van der Waals surface area contributed by atoms with Crippen LogP contribution in [0, 0.1) is 11.6 Å². The topological polar surface area (TPSA) is 112 Å². The highest BCUT2D eigenvalue weighted by atomic mass is 19.1. The van der Waals surface area contributed by atoms with E-state index in [1.54, 1.807) is 16.4 Å². The molecule has 0 bridgehead atoms. The Kier molecular flexibility index (Phi) is 6.93. The van der Waals surface area contributed by atoms with Crippen molar-refractivity contribution in [2.75, 3.05) is 19.7 Å². The van der Waals surface area contributed by atoms with Crippen molar-refractivity contribution in [2.24, 2.45) is 0 Å². The molecule has 10 heteroatoms. The number of pyridine rings is 1. The highest BCUT2D eigenvalue weighted by molar-refractivity contribution is 6.00. The van der Waals surface area contributed by atoms with Gasteiger partial charge in [0, 0.05) is 43.6 Å². The van der Waals surface area contributed by atoms with E-state index in [-0.39, 0.29) is 36.0 Å². The fraction of sp³-hybridized carbons (Fsp3) is 0.409. The molecule has 1 aromatic carbocycles. The Balaban J connectivity index is 0.000000913. The van der Waals surface area contributed by atoms with Crippen LogP contribution < -0.4 is 10.7 Å². The lowest BCUT2D eigenvalue weighted by Crippen LogP contribution is -2.44. The molecule has 2 amide bonds. The van der Waals surface area contributed by atoms with Crippen LogP contribution >= 0.6 is 0 Å². The number of carbonyl (C=O) groups excluding carboxylic acids is 2. The third-order valence-corrected chi connectivity index (χ3v) is 5.55. The molecule has 1 aromatic heterocycles. The van der Waals surface area contributed by atoms with Crippen LogP contribution in [-0.2, 0) is 13.0 Å². The lowest BCUT2D eigenvalue weighted by molar-refractivity contribution is 0.0676. The standard InChI is InChI=1S/C20H19F2N3O4.C2H6O/c1-2-24-9-12-5-6-14-15(17(26)18(27)16(20(24)29)25(12)14)19(28)23-8-10-3-4-11(21)7-13(10)22;1-2-3/h3-4,7,12,27H,2,5-6,8-9H2,1H3,(H,23,28);3H,2H2,1H3/t12-;/m0./s1. The summed E-state index contributed by atoms with van der Waals surface area (Å²) < 4.78 is 28.4. The second-order valence-electron chi connectivity index (χ2n) is 7.49. The quantitative estimate of drug-likeness (QED) is 0.658. The summed E-state index contributed by atoms with van der Waals surface area (Å²) >= 11 is 0. The number of amides is 2. The molecular formula is C22H25F2N3O5. The number of aliphatic hydroxyl groups excluding tert-OH is 1. The summed E-state index contributed by atoms with van der Waals surface area (Å²) in [6.07, 6.45) is 1.04. The van der Waals surface area contributed by atoms with Crippen molar-refractivity contribution < 1.29 is 28.6 Å². The first kappa shape index (κ1) is 23.4. The molecule has 0 saturated heterocycles. The Labute approximate surface area is 183 Å². The molecular weight excluding hydrogens is 424 g/mol. The number of aliphatic hydroxyl groups is 1. The highest BCUT2D eigenvalue weighted by Gasteiger charge is 2.40. The van der Waals surface area contributed by atoms with Crippen molar-refractivity contribution in [1.29, 1.82) is 0 Å². The van der Waals surface area contributed by atoms with Crippen molar-refractivity contribution in [3.8, 4) is 5.75 Å². The van der Waals surface area contributed by atoms with E-state index in [1.165, 1.54) is 6.07 Å². The van der Waals surface area contributed by atoms with Crippen LogP contribution in [-0.4, -0.2) is 51.2 Å². The molecule has 3 heterocycles. The van der Waals surface area contributed by atoms with Crippen LogP contribution in [0.3, 0.4) is 0 Å². The monoisotopic (exact) mass is 449 g/mol. The van der Waals surface area contributed by atoms with Gasteiger partial charge in [-0.3, -0.25) is 14.4 Å². The number of hydrogen-bond acceptors (Lipinski definition) is 5. The van der Waals surface area contributed by atoms with E-state index in [4.69, 9.17) is 5.11 Å². The molecule has 0 radical (unpaired) electrons. The zero-order valence-electron chi connectivity index (χ0n) is 17.8. The Hall–Kier alpha value is -3.27. The number of aromatic nitrogens is 1. The van der Waals surface area contributed by atoms with Gasteiger partial charge in [-0.25, -0.2) is 8.78 Å². The van der Waals surface area contributed by atoms with Gasteiger partial charge in [0.05, 0.1) is 6.04 Å². The van der Waals surface area contributed by atoms with Gasteiger partial charge in [-0.2, -0.15) is 0 Å². The molecule has 0 spiro atoms. The minimum Gasteiger partial charge on any atom is -0.503 e. The number of hydrogen-bond donors (Lipinski definition) is 3. The number of likely N-dealkylation sites (N-methyl/N-ethyl adjacent to an activating group) is 1. The average Bonchev–Trinajstić information content (AvgIpc) is 3.16. The van der Waals surface area contributed by atoms with Gasteiger partial charge in [0.1, 0.15) is 17.2 Å². The van der Waals surface area contributed by atoms with Crippen LogP contribution in [0.25, 0.3) is 0 Å². The van der Waals surface area contributed by atoms with Crippen molar-refractivity contribution in [1.82, 2.24) is 14.8 Å². The third-order valence-electron chi connectivity index (χ3n) is 5.55. The molecule has 32 heavy (non-hydrogen) atoms. The van der Waals surface area contributed by atoms with Crippen molar-refractivity contribution in [2.45, 2.75) is 39.3 Å². The van der Waals surface area contributed by atoms with Gasteiger partial charge in [0.2, 0.25) is 5.43 Å². The predicted octanol–water partition coefficient (Wildman–Crippen LogP) is 1.72. The van der Waals surface area contributed by atoms with E-state index < -0.39 is 34.6 Å². The van der Waals surface area contributed by atoms with E-state index >= 15 is 0 Å². The van der Waals surface area contributed by atoms with E-state index in [9.17, 15) is 28.3 Å². The zero-order valence-corrected chi connectivity index (χ0v) is 17.8. The molecule has 1 atom stereocenters. The first-order valence-corrected chi connectivity index (χ1v) is 10.4. The van der Waals surface area contributed by atoms with Crippen LogP contribution in [0.2, 0.25) is 0 Å². The van der Waals surface area contributed by atoms with E-state index in [0.29, 0.717) is 37.7 Å². The molecule has 0 fully saturated rings. The molecule has 2 aliphatic rings. The van der Waals surface area contributed by atoms with Gasteiger partial charge >= 0.3 is 0 Å². The van der Waals surface area contributed by atoms with E-state index in [0.717, 1.165) is 6.07 Å². The minimum absolute atomic E-state index is 0.0603. The summed E-state index contributed by atoms with van der Waals surface area (Å²) in [5, 5.41) is 20.4. The first-order valence-electron chi connectivity index (χ1n) is 10.4. The van der Waals surface area contributed by atoms with Crippen molar-refractivity contribution >= 4 is 11.8 Å². The van der Waals surface area contributed by atoms with E-state index in [1.807, 2.05) is 6.92 Å². The van der Waals surface area contributed by atoms with Crippen LogP contribution in [0.5, 0.6) is 5.75 Å². The molecule has 0 saturated carbocycles. The Morgan fingerprint density at radius 2 is 1.94 bits per heavy atom. The number of carbonyl (C=O) groups is 2. The number of nitrogens with one attached hydrogen (secondary N) is 1. The van der Waals surface area contributed by atoms with Gasteiger partial charge in [0.15, 0.2) is 11.4 Å². The summed E-state index contributed by atoms with van der Waals surface area (Å²) in [6, 6.07) is 2.86. The molecule has 2 aliphatic heterocycles. The second-order valence-corrected chi connectivity index (χ2v) is 7.49. The largest absolute Gasteiger partial charge is 0.503 e. The number of halogens is 2. The summed E-state index contributed by atoms with van der Waals surface area (Å²) in [7, 11) is 0. The number of rotatable bonds is 4. The second kappa shape index (κ2) is 9.47. The summed E-state index contributed by atoms with van der Waals surface area (Å²) in [4.78, 5) is 39.7. The van der Waals surface area contributed by atoms with Crippen LogP contribution in [0.1, 0.15) is 58.4 Å². The maximum absolute atomic E-state index is 13.8. The lowest BCUT2D eigenvalue weighted by atomic mass is 10.1. The molecule has 172 valence electrons. The van der Waals surface area contributed by atoms with Crippen molar-refractivity contribution in [3.63, 3.8) is 0 Å². The predicted molar refractivity (Wildman–Crippen MR) is 112 cm³/mol. The summed E-state index contributed by atoms with van der Waals surface area (Å²) in [5.41, 5.74) is -0.787. The van der Waals surface area contributed by atoms with Crippen LogP contribution in [0.15, 0.2) is 23.0 Å². The molecule has 4 rings (SSSR count). The molecule has 3 N–H and O–H groups in total. The summed E-state index contributed by atoms with van der Waals surface area (Å²) in [5.74, 6) is -3.51. The third kappa shape index (κ3) is 4.10. The first-order chi connectivity index (χ1) is 15.2. The number of aromatic hydroxyl groups is 1. The smallest absolute Gasteiger partial charge is 0.274 e. The van der Waals surface area contributed by atoms with Gasteiger partial charge in [-0.1, -0.05) is 6.07 Å². The van der Waals surface area contributed by atoms with Gasteiger partial charge in [-0.05, 0) is 32.8 Å². The van der Waals surface area contributed by atoms with Gasteiger partial charge in [0.25, 0.3) is 11.8 Å². The average molecular weight is 449 g/mol. The number of benzene rings is 1. The zero-order chi connectivity index (χ0) is 23.6. The normalized spacial score (nSPS) is 16.3. The van der Waals surface area contributed by atoms with E-state index in [2.05, 4.69) is 5.32 Å². The van der Waals surface area contributed by atoms with Gasteiger partial charge in [-0.15, -0.1) is 0 Å². The Morgan fingerprint density at radius 3 is 2.56 bits per heavy atom. The number of nitrogens with zero attached hydrogens (tertiary/aromatic N) is 2. The lowest BCUT2D eigenvalue weighted by Gasteiger charge is -2.34. The highest BCUT2D eigenvalue weighted by Crippen LogP contribution is 2.36. The molecule has 0 aliphatic carbocycles. The van der Waals surface area contributed by atoms with Gasteiger partial charge < -0.3 is 25.0 Å². The maximum atomic E-state index is 13.8. The van der Waals surface area contributed by atoms with Crippen LogP contribution in [0.4, 0.5) is 8.78 Å². The maximum Gasteiger partial charge on any atom is 0.274 e.